The number of nitriles is 1. The van der Waals surface area contributed by atoms with E-state index < -0.39 is 17.2 Å². The quantitative estimate of drug-likeness (QED) is 0.645. The summed E-state index contributed by atoms with van der Waals surface area (Å²) in [6, 6.07) is 3.93. The molecule has 0 radical (unpaired) electrons. The summed E-state index contributed by atoms with van der Waals surface area (Å²) in [6.07, 6.45) is 0. The Bertz CT molecular complexity index is 551. The monoisotopic (exact) mass is 193 g/mol. The molecule has 2 rings (SSSR count). The van der Waals surface area contributed by atoms with Crippen LogP contribution in [0.25, 0.3) is 11.0 Å². The maximum absolute atomic E-state index is 13.4. The van der Waals surface area contributed by atoms with Gasteiger partial charge in [0.1, 0.15) is 28.8 Å². The highest BCUT2D eigenvalue weighted by Gasteiger charge is 2.15. The van der Waals surface area contributed by atoms with Crippen LogP contribution < -0.4 is 0 Å². The maximum atomic E-state index is 13.4. The second kappa shape index (κ2) is 2.81. The SMILES string of the molecule is Cc1cc2c(F)c(C#N)c(F)cc2o1. The lowest BCUT2D eigenvalue weighted by Crippen LogP contribution is -1.89. The zero-order valence-corrected chi connectivity index (χ0v) is 7.27. The standard InChI is InChI=1S/C10H5F2NO/c1-5-2-6-9(14-5)3-8(11)7(4-13)10(6)12/h2-3H,1H3. The van der Waals surface area contributed by atoms with Gasteiger partial charge in [-0.25, -0.2) is 8.78 Å². The second-order valence-corrected chi connectivity index (χ2v) is 2.93. The molecule has 0 aliphatic carbocycles. The van der Waals surface area contributed by atoms with Crippen LogP contribution in [0, 0.1) is 29.9 Å². The van der Waals surface area contributed by atoms with Crippen molar-refractivity contribution in [1.29, 1.82) is 5.26 Å². The van der Waals surface area contributed by atoms with Crippen molar-refractivity contribution in [1.82, 2.24) is 0 Å². The molecule has 0 N–H and O–H groups in total. The van der Waals surface area contributed by atoms with Crippen molar-refractivity contribution >= 4 is 11.0 Å². The summed E-state index contributed by atoms with van der Waals surface area (Å²) in [5.74, 6) is -1.28. The number of fused-ring (bicyclic) bond motifs is 1. The van der Waals surface area contributed by atoms with E-state index >= 15 is 0 Å². The molecule has 1 aromatic carbocycles. The van der Waals surface area contributed by atoms with Gasteiger partial charge in [-0.1, -0.05) is 0 Å². The number of benzene rings is 1. The van der Waals surface area contributed by atoms with Gasteiger partial charge in [0.2, 0.25) is 0 Å². The predicted octanol–water partition coefficient (Wildman–Crippen LogP) is 2.89. The Morgan fingerprint density at radius 1 is 1.36 bits per heavy atom. The molecule has 0 aliphatic rings. The van der Waals surface area contributed by atoms with Gasteiger partial charge in [0.05, 0.1) is 5.39 Å². The van der Waals surface area contributed by atoms with Gasteiger partial charge in [-0.05, 0) is 13.0 Å². The van der Waals surface area contributed by atoms with Gasteiger partial charge in [0, 0.05) is 6.07 Å². The smallest absolute Gasteiger partial charge is 0.155 e. The Hall–Kier alpha value is -1.89. The van der Waals surface area contributed by atoms with Crippen molar-refractivity contribution < 1.29 is 13.2 Å². The first kappa shape index (κ1) is 8.70. The fraction of sp³-hybridized carbons (Fsp3) is 0.100. The van der Waals surface area contributed by atoms with Gasteiger partial charge in [-0.15, -0.1) is 0 Å². The first-order chi connectivity index (χ1) is 6.63. The highest BCUT2D eigenvalue weighted by Crippen LogP contribution is 2.26. The van der Waals surface area contributed by atoms with Crippen molar-refractivity contribution in [3.63, 3.8) is 0 Å². The number of halogens is 2. The van der Waals surface area contributed by atoms with E-state index in [4.69, 9.17) is 9.68 Å². The third-order valence-corrected chi connectivity index (χ3v) is 1.95. The minimum atomic E-state index is -0.896. The van der Waals surface area contributed by atoms with E-state index in [1.54, 1.807) is 6.92 Å². The minimum Gasteiger partial charge on any atom is -0.461 e. The number of rotatable bonds is 0. The Morgan fingerprint density at radius 2 is 2.07 bits per heavy atom. The lowest BCUT2D eigenvalue weighted by Gasteiger charge is -1.95. The van der Waals surface area contributed by atoms with Gasteiger partial charge in [0.25, 0.3) is 0 Å². The highest BCUT2D eigenvalue weighted by molar-refractivity contribution is 5.80. The molecule has 4 heteroatoms. The molecule has 0 aliphatic heterocycles. The van der Waals surface area contributed by atoms with Crippen LogP contribution in [0.2, 0.25) is 0 Å². The van der Waals surface area contributed by atoms with E-state index in [9.17, 15) is 8.78 Å². The number of nitrogens with zero attached hydrogens (tertiary/aromatic N) is 1. The molecule has 2 nitrogen and oxygen atoms in total. The molecule has 0 bridgehead atoms. The fourth-order valence-corrected chi connectivity index (χ4v) is 1.34. The third-order valence-electron chi connectivity index (χ3n) is 1.95. The molecule has 0 spiro atoms. The van der Waals surface area contributed by atoms with E-state index in [0.717, 1.165) is 6.07 Å². The summed E-state index contributed by atoms with van der Waals surface area (Å²) in [5.41, 5.74) is -0.449. The Morgan fingerprint density at radius 3 is 2.71 bits per heavy atom. The number of aryl methyl sites for hydroxylation is 1. The van der Waals surface area contributed by atoms with Crippen molar-refractivity contribution in [3.8, 4) is 6.07 Å². The van der Waals surface area contributed by atoms with Gasteiger partial charge in [0.15, 0.2) is 5.82 Å². The molecule has 2 aromatic rings. The first-order valence-electron chi connectivity index (χ1n) is 3.91. The van der Waals surface area contributed by atoms with Crippen molar-refractivity contribution in [2.75, 3.05) is 0 Å². The molecular weight excluding hydrogens is 188 g/mol. The third kappa shape index (κ3) is 1.06. The number of hydrogen-bond donors (Lipinski definition) is 0. The van der Waals surface area contributed by atoms with Crippen molar-refractivity contribution in [2.45, 2.75) is 6.92 Å². The normalized spacial score (nSPS) is 10.4. The number of furan rings is 1. The van der Waals surface area contributed by atoms with E-state index in [1.807, 2.05) is 0 Å². The molecule has 0 fully saturated rings. The molecule has 0 atom stereocenters. The van der Waals surface area contributed by atoms with Crippen LogP contribution in [0.15, 0.2) is 16.5 Å². The molecule has 1 heterocycles. The minimum absolute atomic E-state index is 0.122. The average Bonchev–Trinajstić information content (AvgIpc) is 2.47. The van der Waals surface area contributed by atoms with E-state index in [2.05, 4.69) is 0 Å². The molecule has 0 amide bonds. The first-order valence-corrected chi connectivity index (χ1v) is 3.91. The second-order valence-electron chi connectivity index (χ2n) is 2.93. The largest absolute Gasteiger partial charge is 0.461 e. The highest BCUT2D eigenvalue weighted by atomic mass is 19.1. The van der Waals surface area contributed by atoms with Gasteiger partial charge in [-0.2, -0.15) is 5.26 Å². The summed E-state index contributed by atoms with van der Waals surface area (Å²) in [5, 5.41) is 8.64. The molecule has 0 saturated carbocycles. The van der Waals surface area contributed by atoms with Crippen LogP contribution in [-0.2, 0) is 0 Å². The summed E-state index contributed by atoms with van der Waals surface area (Å²) < 4.78 is 31.5. The van der Waals surface area contributed by atoms with Gasteiger partial charge in [-0.3, -0.25) is 0 Å². The molecule has 70 valence electrons. The maximum Gasteiger partial charge on any atom is 0.155 e. The predicted molar refractivity (Wildman–Crippen MR) is 45.6 cm³/mol. The molecule has 14 heavy (non-hydrogen) atoms. The van der Waals surface area contributed by atoms with Crippen molar-refractivity contribution in [2.24, 2.45) is 0 Å². The topological polar surface area (TPSA) is 36.9 Å². The summed E-state index contributed by atoms with van der Waals surface area (Å²) in [4.78, 5) is 0. The number of hydrogen-bond acceptors (Lipinski definition) is 2. The zero-order chi connectivity index (χ0) is 10.3. The Labute approximate surface area is 78.4 Å². The van der Waals surface area contributed by atoms with Gasteiger partial charge >= 0.3 is 0 Å². The molecule has 0 saturated heterocycles. The summed E-state index contributed by atoms with van der Waals surface area (Å²) in [7, 11) is 0. The lowest BCUT2D eigenvalue weighted by molar-refractivity contribution is 0.559. The lowest BCUT2D eigenvalue weighted by atomic mass is 10.1. The Balaban J connectivity index is 2.93. The average molecular weight is 193 g/mol. The van der Waals surface area contributed by atoms with E-state index in [1.165, 1.54) is 12.1 Å². The summed E-state index contributed by atoms with van der Waals surface area (Å²) in [6.45, 7) is 1.63. The zero-order valence-electron chi connectivity index (χ0n) is 7.27. The van der Waals surface area contributed by atoms with Crippen LogP contribution >= 0.6 is 0 Å². The van der Waals surface area contributed by atoms with E-state index in [-0.39, 0.29) is 11.0 Å². The molecule has 0 unspecified atom stereocenters. The van der Waals surface area contributed by atoms with Crippen LogP contribution in [0.5, 0.6) is 0 Å². The molecular formula is C10H5F2NO. The van der Waals surface area contributed by atoms with Gasteiger partial charge < -0.3 is 4.42 Å². The van der Waals surface area contributed by atoms with Crippen molar-refractivity contribution in [3.05, 3.63) is 35.1 Å². The van der Waals surface area contributed by atoms with Crippen LogP contribution in [-0.4, -0.2) is 0 Å². The van der Waals surface area contributed by atoms with Crippen LogP contribution in [0.1, 0.15) is 11.3 Å². The van der Waals surface area contributed by atoms with Crippen LogP contribution in [0.4, 0.5) is 8.78 Å². The Kier molecular flexibility index (Phi) is 1.74. The summed E-state index contributed by atoms with van der Waals surface area (Å²) >= 11 is 0. The van der Waals surface area contributed by atoms with Crippen LogP contribution in [0.3, 0.4) is 0 Å². The fourth-order valence-electron chi connectivity index (χ4n) is 1.34. The molecule has 1 aromatic heterocycles. The van der Waals surface area contributed by atoms with E-state index in [0.29, 0.717) is 5.76 Å².